The quantitative estimate of drug-likeness (QED) is 0.350. The first kappa shape index (κ1) is 27.5. The Balaban J connectivity index is 1.43. The molecule has 0 aliphatic heterocycles. The summed E-state index contributed by atoms with van der Waals surface area (Å²) in [4.78, 5) is 1.58. The molecule has 0 amide bonds. The van der Waals surface area contributed by atoms with Gasteiger partial charge in [0.25, 0.3) is 5.92 Å². The van der Waals surface area contributed by atoms with E-state index >= 15 is 0 Å². The van der Waals surface area contributed by atoms with Crippen molar-refractivity contribution in [3.05, 3.63) is 39.9 Å². The Morgan fingerprint density at radius 1 is 1.22 bits per heavy atom. The van der Waals surface area contributed by atoms with Gasteiger partial charge in [0, 0.05) is 22.0 Å². The van der Waals surface area contributed by atoms with Crippen LogP contribution in [0, 0.1) is 23.2 Å². The average molecular weight is 542 g/mol. The fourth-order valence-electron chi connectivity index (χ4n) is 6.49. The van der Waals surface area contributed by atoms with E-state index in [0.29, 0.717) is 40.7 Å². The number of aromatic nitrogens is 4. The van der Waals surface area contributed by atoms with Crippen LogP contribution >= 0.6 is 23.2 Å². The summed E-state index contributed by atoms with van der Waals surface area (Å²) >= 11 is 12.2. The summed E-state index contributed by atoms with van der Waals surface area (Å²) < 4.78 is 28.8. The Morgan fingerprint density at radius 2 is 1.92 bits per heavy atom. The third kappa shape index (κ3) is 5.63. The molecule has 2 aliphatic rings. The lowest BCUT2D eigenvalue weighted by atomic mass is 9.60. The van der Waals surface area contributed by atoms with E-state index < -0.39 is 11.5 Å². The van der Waals surface area contributed by atoms with Gasteiger partial charge < -0.3 is 5.11 Å². The molecular formula is C27H36Cl2F2N4O. The van der Waals surface area contributed by atoms with Crippen molar-refractivity contribution in [3.8, 4) is 11.4 Å². The smallest absolute Gasteiger partial charge is 0.275 e. The van der Waals surface area contributed by atoms with Gasteiger partial charge in [0.2, 0.25) is 5.82 Å². The highest BCUT2D eigenvalue weighted by Gasteiger charge is 2.51. The number of halogens is 4. The summed E-state index contributed by atoms with van der Waals surface area (Å²) in [6.45, 7) is 7.38. The molecule has 198 valence electrons. The maximum absolute atomic E-state index is 14.4. The number of allylic oxidation sites excluding steroid dienone is 2. The van der Waals surface area contributed by atoms with Crippen LogP contribution < -0.4 is 0 Å². The molecule has 1 aromatic heterocycles. The second-order valence-electron chi connectivity index (χ2n) is 11.5. The van der Waals surface area contributed by atoms with Crippen LogP contribution in [-0.4, -0.2) is 36.8 Å². The highest BCUT2D eigenvalue weighted by Crippen LogP contribution is 2.60. The minimum atomic E-state index is -3.09. The van der Waals surface area contributed by atoms with Crippen LogP contribution in [0.1, 0.15) is 72.6 Å². The maximum atomic E-state index is 14.4. The van der Waals surface area contributed by atoms with Gasteiger partial charge in [0.15, 0.2) is 0 Å². The van der Waals surface area contributed by atoms with E-state index in [9.17, 15) is 13.9 Å². The third-order valence-corrected chi connectivity index (χ3v) is 9.06. The number of aliphatic hydroxyl groups is 1. The largest absolute Gasteiger partial charge is 0.384 e. The molecule has 4 atom stereocenters. The topological polar surface area (TPSA) is 63.8 Å². The highest BCUT2D eigenvalue weighted by atomic mass is 35.5. The molecule has 2 aromatic rings. The lowest BCUT2D eigenvalue weighted by Crippen LogP contribution is -2.43. The van der Waals surface area contributed by atoms with E-state index in [-0.39, 0.29) is 17.8 Å². The SMILES string of the molecule is C[C@H](CCC(F)(F)C(C)(C)O)[C@H]1CC[C@H]2/C(=C/Cn3nnc(-c4cc(Cl)cc(Cl)c4)n3)CCC[C@]12C. The molecule has 1 N–H and O–H groups in total. The minimum Gasteiger partial charge on any atom is -0.384 e. The molecule has 0 unspecified atom stereocenters. The van der Waals surface area contributed by atoms with Crippen LogP contribution in [0.3, 0.4) is 0 Å². The van der Waals surface area contributed by atoms with Crippen molar-refractivity contribution in [2.75, 3.05) is 0 Å². The normalized spacial score (nSPS) is 26.9. The molecule has 2 fully saturated rings. The van der Waals surface area contributed by atoms with Crippen LogP contribution in [0.4, 0.5) is 8.78 Å². The number of alkyl halides is 2. The number of nitrogens with zero attached hydrogens (tertiary/aromatic N) is 4. The Bertz CT molecular complexity index is 1090. The molecule has 0 saturated heterocycles. The monoisotopic (exact) mass is 540 g/mol. The predicted molar refractivity (Wildman–Crippen MR) is 139 cm³/mol. The van der Waals surface area contributed by atoms with Crippen molar-refractivity contribution in [1.82, 2.24) is 20.2 Å². The molecule has 2 saturated carbocycles. The zero-order valence-corrected chi connectivity index (χ0v) is 23.0. The van der Waals surface area contributed by atoms with Crippen LogP contribution in [0.2, 0.25) is 10.0 Å². The molecule has 0 bridgehead atoms. The van der Waals surface area contributed by atoms with E-state index in [1.807, 2.05) is 0 Å². The zero-order valence-electron chi connectivity index (χ0n) is 21.4. The van der Waals surface area contributed by atoms with Crippen molar-refractivity contribution in [1.29, 1.82) is 0 Å². The first-order valence-corrected chi connectivity index (χ1v) is 13.6. The Labute approximate surface area is 222 Å². The number of benzene rings is 1. The summed E-state index contributed by atoms with van der Waals surface area (Å²) in [5.41, 5.74) is 0.250. The van der Waals surface area contributed by atoms with Crippen molar-refractivity contribution >= 4 is 23.2 Å². The van der Waals surface area contributed by atoms with Gasteiger partial charge in [-0.2, -0.15) is 4.80 Å². The predicted octanol–water partition coefficient (Wildman–Crippen LogP) is 7.61. The van der Waals surface area contributed by atoms with Crippen molar-refractivity contribution in [3.63, 3.8) is 0 Å². The lowest BCUT2D eigenvalue weighted by Gasteiger charge is -2.44. The Morgan fingerprint density at radius 3 is 2.58 bits per heavy atom. The van der Waals surface area contributed by atoms with Gasteiger partial charge in [-0.1, -0.05) is 48.7 Å². The molecule has 5 nitrogen and oxygen atoms in total. The molecular weight excluding hydrogens is 505 g/mol. The van der Waals surface area contributed by atoms with Crippen molar-refractivity contribution < 1.29 is 13.9 Å². The minimum absolute atomic E-state index is 0.103. The number of hydrogen-bond acceptors (Lipinski definition) is 4. The Hall–Kier alpha value is -1.57. The van der Waals surface area contributed by atoms with E-state index in [0.717, 1.165) is 37.7 Å². The molecule has 9 heteroatoms. The standard InChI is InChI=1S/C27H36Cl2F2N4O/c1-17(9-12-27(30,31)25(2,3)36)22-7-8-23-18(6-5-11-26(22,23)4)10-13-35-33-24(32-34-35)19-14-20(28)16-21(29)15-19/h10,14-17,22-23,36H,5-9,11-13H2,1-4H3/b18-10+/t17-,22-,23+,26-/m1/s1. The van der Waals surface area contributed by atoms with Gasteiger partial charge in [-0.25, -0.2) is 8.78 Å². The number of tetrazole rings is 1. The maximum Gasteiger partial charge on any atom is 0.275 e. The molecule has 4 rings (SSSR count). The van der Waals surface area contributed by atoms with Crippen LogP contribution in [-0.2, 0) is 6.54 Å². The second kappa shape index (κ2) is 10.3. The van der Waals surface area contributed by atoms with Crippen LogP contribution in [0.5, 0.6) is 0 Å². The van der Waals surface area contributed by atoms with Gasteiger partial charge >= 0.3 is 0 Å². The number of fused-ring (bicyclic) bond motifs is 1. The van der Waals surface area contributed by atoms with Crippen LogP contribution in [0.15, 0.2) is 29.8 Å². The van der Waals surface area contributed by atoms with Crippen LogP contribution in [0.25, 0.3) is 11.4 Å². The van der Waals surface area contributed by atoms with Gasteiger partial charge in [-0.15, -0.1) is 10.2 Å². The zero-order chi connectivity index (χ0) is 26.3. The van der Waals surface area contributed by atoms with Gasteiger partial charge in [0.1, 0.15) is 5.60 Å². The average Bonchev–Trinajstić information content (AvgIpc) is 3.39. The number of hydrogen-bond donors (Lipinski definition) is 1. The highest BCUT2D eigenvalue weighted by molar-refractivity contribution is 6.35. The summed E-state index contributed by atoms with van der Waals surface area (Å²) in [5.74, 6) is -1.59. The molecule has 0 radical (unpaired) electrons. The molecule has 0 spiro atoms. The summed E-state index contributed by atoms with van der Waals surface area (Å²) in [5, 5.41) is 23.8. The van der Waals surface area contributed by atoms with E-state index in [1.165, 1.54) is 19.4 Å². The molecule has 36 heavy (non-hydrogen) atoms. The van der Waals surface area contributed by atoms with Gasteiger partial charge in [-0.05, 0) is 99.0 Å². The van der Waals surface area contributed by atoms with E-state index in [2.05, 4.69) is 35.3 Å². The van der Waals surface area contributed by atoms with E-state index in [4.69, 9.17) is 23.2 Å². The first-order valence-electron chi connectivity index (χ1n) is 12.8. The second-order valence-corrected chi connectivity index (χ2v) is 12.4. The summed E-state index contributed by atoms with van der Waals surface area (Å²) in [6, 6.07) is 5.18. The lowest BCUT2D eigenvalue weighted by molar-refractivity contribution is -0.168. The Kier molecular flexibility index (Phi) is 7.86. The van der Waals surface area contributed by atoms with E-state index in [1.54, 1.807) is 23.0 Å². The summed E-state index contributed by atoms with van der Waals surface area (Å²) in [6.07, 6.45) is 7.76. The molecule has 1 aromatic carbocycles. The van der Waals surface area contributed by atoms with Crippen molar-refractivity contribution in [2.24, 2.45) is 23.2 Å². The molecule has 2 aliphatic carbocycles. The van der Waals surface area contributed by atoms with Gasteiger partial charge in [-0.3, -0.25) is 0 Å². The van der Waals surface area contributed by atoms with Gasteiger partial charge in [0.05, 0.1) is 6.54 Å². The van der Waals surface area contributed by atoms with Crippen molar-refractivity contribution in [2.45, 2.75) is 90.7 Å². The summed E-state index contributed by atoms with van der Waals surface area (Å²) in [7, 11) is 0. The fraction of sp³-hybridized carbons (Fsp3) is 0.667. The fourth-order valence-corrected chi connectivity index (χ4v) is 7.02. The molecule has 1 heterocycles. The third-order valence-electron chi connectivity index (χ3n) is 8.62. The number of rotatable bonds is 8. The first-order chi connectivity index (χ1) is 16.8.